The summed E-state index contributed by atoms with van der Waals surface area (Å²) in [7, 11) is -11.0. The summed E-state index contributed by atoms with van der Waals surface area (Å²) >= 11 is 0. The molecule has 0 spiro atoms. The van der Waals surface area contributed by atoms with Crippen molar-refractivity contribution >= 4 is 29.8 Å². The molecule has 53 heavy (non-hydrogen) atoms. The summed E-state index contributed by atoms with van der Waals surface area (Å²) in [4.78, 5) is 0.833. The number of ether oxygens (including phenoxy) is 2. The Labute approximate surface area is 312 Å². The van der Waals surface area contributed by atoms with Gasteiger partial charge in [0.25, 0.3) is 10.1 Å². The molecular weight excluding hydrogens is 733 g/mol. The molecule has 0 heterocycles. The van der Waals surface area contributed by atoms with Crippen LogP contribution in [0.4, 0.5) is 0 Å². The second-order valence-corrected chi connectivity index (χ2v) is 16.8. The van der Waals surface area contributed by atoms with Gasteiger partial charge in [-0.25, -0.2) is 16.8 Å². The van der Waals surface area contributed by atoms with Gasteiger partial charge in [0.15, 0.2) is 0 Å². The van der Waals surface area contributed by atoms with Crippen LogP contribution < -0.4 is 9.47 Å². The molecule has 0 saturated carbocycles. The highest BCUT2D eigenvalue weighted by atomic mass is 32.2. The van der Waals surface area contributed by atoms with Crippen LogP contribution in [0.2, 0.25) is 0 Å². The van der Waals surface area contributed by atoms with E-state index in [0.29, 0.717) is 29.3 Å². The topological polar surface area (TPSA) is 141 Å². The quantitative estimate of drug-likeness (QED) is 0.135. The van der Waals surface area contributed by atoms with E-state index >= 15 is 0 Å². The van der Waals surface area contributed by atoms with E-state index in [9.17, 15) is 25.3 Å². The van der Waals surface area contributed by atoms with Gasteiger partial charge < -0.3 is 9.47 Å². The Morgan fingerprint density at radius 3 is 1.04 bits per heavy atom. The zero-order chi connectivity index (χ0) is 38.6. The maximum atomic E-state index is 13.2. The summed E-state index contributed by atoms with van der Waals surface area (Å²) < 4.78 is 89.9. The van der Waals surface area contributed by atoms with E-state index in [0.717, 1.165) is 23.1 Å². The third-order valence-electron chi connectivity index (χ3n) is 7.38. The highest BCUT2D eigenvalue weighted by Crippen LogP contribution is 2.30. The fraction of sp³-hybridized carbons (Fsp3) is 0.122. The second-order valence-electron chi connectivity index (χ2n) is 11.5. The number of sulfone groups is 2. The Hall–Kier alpha value is -5.27. The minimum Gasteiger partial charge on any atom is -0.457 e. The van der Waals surface area contributed by atoms with Crippen LogP contribution >= 0.6 is 0 Å². The summed E-state index contributed by atoms with van der Waals surface area (Å²) in [6, 6.07) is 43.2. The first-order chi connectivity index (χ1) is 25.2. The monoisotopic (exact) mass is 772 g/mol. The van der Waals surface area contributed by atoms with Crippen LogP contribution in [0.1, 0.15) is 30.5 Å². The molecule has 1 N–H and O–H groups in total. The van der Waals surface area contributed by atoms with Gasteiger partial charge in [-0.05, 0) is 122 Å². The van der Waals surface area contributed by atoms with Crippen LogP contribution in [0.15, 0.2) is 171 Å². The Balaban J connectivity index is 0.000000828. The maximum Gasteiger partial charge on any atom is 0.261 e. The molecule has 6 aromatic rings. The number of hydrogen-bond donors (Lipinski definition) is 1. The van der Waals surface area contributed by atoms with Gasteiger partial charge in [0.05, 0.1) is 25.8 Å². The largest absolute Gasteiger partial charge is 0.457 e. The second kappa shape index (κ2) is 18.0. The van der Waals surface area contributed by atoms with Crippen molar-refractivity contribution in [2.45, 2.75) is 46.8 Å². The van der Waals surface area contributed by atoms with Crippen LogP contribution in [0.5, 0.6) is 23.0 Å². The van der Waals surface area contributed by atoms with Gasteiger partial charge in [0.2, 0.25) is 19.7 Å². The lowest BCUT2D eigenvalue weighted by Crippen LogP contribution is -2.02. The molecule has 0 amide bonds. The van der Waals surface area contributed by atoms with Gasteiger partial charge in [-0.3, -0.25) is 4.55 Å². The molecule has 9 nitrogen and oxygen atoms in total. The predicted molar refractivity (Wildman–Crippen MR) is 206 cm³/mol. The molecule has 0 aliphatic carbocycles. The minimum atomic E-state index is -3.69. The maximum absolute atomic E-state index is 13.2. The average Bonchev–Trinajstić information content (AvgIpc) is 3.14. The molecule has 0 atom stereocenters. The standard InChI is InChI=1S/C38H30O6S2.C2H6.CH4O3S/c1-28-7-19-35(20-8-28)45(39,40)37-23-15-33(16-24-37)43-31-11-13-32(14-12-31)44-34-17-25-38(26-18-34)46(41,42)36-21-9-30(10-22-36)27-29-5-3-2-4-6-29;1-2;1-5(2,3)4/h2-26H,27H2,1H3;1-2H3;1H3,(H,2,3,4). The first-order valence-electron chi connectivity index (χ1n) is 16.4. The molecular formula is C41H40O9S3. The average molecular weight is 773 g/mol. The van der Waals surface area contributed by atoms with Gasteiger partial charge in [-0.15, -0.1) is 0 Å². The van der Waals surface area contributed by atoms with Gasteiger partial charge in [0.1, 0.15) is 23.0 Å². The lowest BCUT2D eigenvalue weighted by Gasteiger charge is -2.10. The van der Waals surface area contributed by atoms with Gasteiger partial charge in [-0.1, -0.05) is 74.0 Å². The molecule has 0 aliphatic rings. The Kier molecular flexibility index (Phi) is 13.7. The van der Waals surface area contributed by atoms with E-state index in [-0.39, 0.29) is 19.6 Å². The molecule has 6 aromatic carbocycles. The highest BCUT2D eigenvalue weighted by molar-refractivity contribution is 7.91. The summed E-state index contributed by atoms with van der Waals surface area (Å²) in [6.45, 7) is 5.90. The van der Waals surface area contributed by atoms with Crippen LogP contribution in [0, 0.1) is 6.92 Å². The number of hydrogen-bond acceptors (Lipinski definition) is 8. The summed E-state index contributed by atoms with van der Waals surface area (Å²) in [5.41, 5.74) is 3.18. The summed E-state index contributed by atoms with van der Waals surface area (Å²) in [6.07, 6.45) is 1.45. The smallest absolute Gasteiger partial charge is 0.261 e. The van der Waals surface area contributed by atoms with E-state index in [1.807, 2.05) is 63.2 Å². The van der Waals surface area contributed by atoms with Crippen molar-refractivity contribution in [2.24, 2.45) is 0 Å². The zero-order valence-electron chi connectivity index (χ0n) is 29.6. The fourth-order valence-electron chi connectivity index (χ4n) is 4.83. The van der Waals surface area contributed by atoms with Crippen molar-refractivity contribution < 1.29 is 39.3 Å². The number of rotatable bonds is 10. The third kappa shape index (κ3) is 11.9. The number of benzene rings is 6. The molecule has 0 unspecified atom stereocenters. The predicted octanol–water partition coefficient (Wildman–Crippen LogP) is 9.37. The Morgan fingerprint density at radius 2 is 0.698 bits per heavy atom. The van der Waals surface area contributed by atoms with E-state index < -0.39 is 29.8 Å². The lowest BCUT2D eigenvalue weighted by atomic mass is 10.1. The van der Waals surface area contributed by atoms with Crippen molar-refractivity contribution in [3.8, 4) is 23.0 Å². The molecule has 0 bridgehead atoms. The summed E-state index contributed by atoms with van der Waals surface area (Å²) in [5.74, 6) is 2.05. The lowest BCUT2D eigenvalue weighted by molar-refractivity contribution is 0.469. The molecule has 6 rings (SSSR count). The van der Waals surface area contributed by atoms with Gasteiger partial charge in [-0.2, -0.15) is 8.42 Å². The molecule has 0 fully saturated rings. The van der Waals surface area contributed by atoms with Crippen LogP contribution in [0.25, 0.3) is 0 Å². The molecule has 0 aromatic heterocycles. The normalized spacial score (nSPS) is 11.3. The molecule has 0 saturated heterocycles. The van der Waals surface area contributed by atoms with E-state index in [4.69, 9.17) is 14.0 Å². The van der Waals surface area contributed by atoms with Crippen molar-refractivity contribution in [1.82, 2.24) is 0 Å². The fourth-order valence-corrected chi connectivity index (χ4v) is 7.35. The van der Waals surface area contributed by atoms with Crippen LogP contribution in [-0.2, 0) is 36.2 Å². The highest BCUT2D eigenvalue weighted by Gasteiger charge is 2.19. The Morgan fingerprint density at radius 1 is 0.434 bits per heavy atom. The van der Waals surface area contributed by atoms with E-state index in [1.54, 1.807) is 84.9 Å². The Bertz CT molecular complexity index is 2390. The van der Waals surface area contributed by atoms with Crippen molar-refractivity contribution in [1.29, 1.82) is 0 Å². The molecule has 12 heteroatoms. The van der Waals surface area contributed by atoms with Crippen molar-refractivity contribution in [3.63, 3.8) is 0 Å². The molecule has 0 radical (unpaired) electrons. The van der Waals surface area contributed by atoms with E-state index in [2.05, 4.69) is 0 Å². The third-order valence-corrected chi connectivity index (χ3v) is 11.0. The first kappa shape index (κ1) is 40.5. The van der Waals surface area contributed by atoms with Crippen molar-refractivity contribution in [3.05, 3.63) is 168 Å². The first-order valence-corrected chi connectivity index (χ1v) is 21.3. The van der Waals surface area contributed by atoms with E-state index in [1.165, 1.54) is 24.3 Å². The summed E-state index contributed by atoms with van der Waals surface area (Å²) in [5, 5.41) is 0. The van der Waals surface area contributed by atoms with Gasteiger partial charge >= 0.3 is 0 Å². The van der Waals surface area contributed by atoms with Gasteiger partial charge in [0, 0.05) is 0 Å². The SMILES string of the molecule is CC.CS(=O)(=O)O.Cc1ccc(S(=O)(=O)c2ccc(Oc3ccc(Oc4ccc(S(=O)(=O)c5ccc(Cc6ccccc6)cc5)cc4)cc3)cc2)cc1. The number of aryl methyl sites for hydroxylation is 1. The van der Waals surface area contributed by atoms with Crippen LogP contribution in [-0.4, -0.2) is 36.1 Å². The zero-order valence-corrected chi connectivity index (χ0v) is 32.0. The van der Waals surface area contributed by atoms with Crippen LogP contribution in [0.3, 0.4) is 0 Å². The minimum absolute atomic E-state index is 0.178. The molecule has 0 aliphatic heterocycles. The van der Waals surface area contributed by atoms with Crippen molar-refractivity contribution in [2.75, 3.05) is 6.26 Å². The molecule has 276 valence electrons.